The van der Waals surface area contributed by atoms with E-state index in [0.717, 1.165) is 6.07 Å². The van der Waals surface area contributed by atoms with E-state index in [1.165, 1.54) is 12.1 Å². The highest BCUT2D eigenvalue weighted by Crippen LogP contribution is 2.23. The second kappa shape index (κ2) is 4.93. The molecule has 1 amide bonds. The van der Waals surface area contributed by atoms with E-state index in [2.05, 4.69) is 4.98 Å². The van der Waals surface area contributed by atoms with Gasteiger partial charge >= 0.3 is 0 Å². The molecule has 0 saturated carbocycles. The molecule has 1 aromatic carbocycles. The molecule has 1 aromatic heterocycles. The van der Waals surface area contributed by atoms with Crippen LogP contribution in [0.15, 0.2) is 30.3 Å². The van der Waals surface area contributed by atoms with Gasteiger partial charge in [-0.05, 0) is 25.1 Å². The zero-order valence-electron chi connectivity index (χ0n) is 10.2. The number of hydrogen-bond donors (Lipinski definition) is 2. The summed E-state index contributed by atoms with van der Waals surface area (Å²) in [6.45, 7) is 1.74. The Balaban J connectivity index is 2.26. The Morgan fingerprint density at radius 1 is 1.32 bits per heavy atom. The maximum Gasteiger partial charge on any atom is 0.251 e. The minimum Gasteiger partial charge on any atom is -0.439 e. The van der Waals surface area contributed by atoms with Crippen molar-refractivity contribution in [2.24, 2.45) is 5.73 Å². The van der Waals surface area contributed by atoms with E-state index in [4.69, 9.17) is 16.2 Å². The number of aromatic nitrogens is 1. The number of amides is 1. The van der Waals surface area contributed by atoms with E-state index in [-0.39, 0.29) is 17.2 Å². The van der Waals surface area contributed by atoms with E-state index < -0.39 is 11.7 Å². The Bertz CT molecular complexity index is 644. The third kappa shape index (κ3) is 2.79. The molecule has 2 aromatic rings. The SMILES string of the molecule is Cc1nc(Oc2ccc(C(N)=O)c(F)c2)ccc1N. The number of rotatable bonds is 3. The molecule has 0 spiro atoms. The lowest BCUT2D eigenvalue weighted by Gasteiger charge is -2.07. The highest BCUT2D eigenvalue weighted by molar-refractivity contribution is 5.93. The molecule has 0 radical (unpaired) electrons. The third-order valence-corrected chi connectivity index (χ3v) is 2.53. The number of halogens is 1. The number of benzene rings is 1. The van der Waals surface area contributed by atoms with Crippen LogP contribution < -0.4 is 16.2 Å². The lowest BCUT2D eigenvalue weighted by molar-refractivity contribution is 0.0996. The van der Waals surface area contributed by atoms with Crippen LogP contribution in [0, 0.1) is 12.7 Å². The maximum atomic E-state index is 13.5. The highest BCUT2D eigenvalue weighted by Gasteiger charge is 2.10. The normalized spacial score (nSPS) is 10.2. The molecule has 0 unspecified atom stereocenters. The van der Waals surface area contributed by atoms with Gasteiger partial charge in [0.25, 0.3) is 5.91 Å². The number of nitrogen functional groups attached to an aromatic ring is 1. The Morgan fingerprint density at radius 3 is 2.63 bits per heavy atom. The lowest BCUT2D eigenvalue weighted by Crippen LogP contribution is -2.12. The molecule has 0 aliphatic carbocycles. The number of pyridine rings is 1. The molecule has 0 aliphatic rings. The predicted molar refractivity (Wildman–Crippen MR) is 68.4 cm³/mol. The molecule has 0 atom stereocenters. The predicted octanol–water partition coefficient (Wildman–Crippen LogP) is 2.00. The quantitative estimate of drug-likeness (QED) is 0.884. The van der Waals surface area contributed by atoms with Gasteiger partial charge in [0, 0.05) is 12.1 Å². The summed E-state index contributed by atoms with van der Waals surface area (Å²) in [5.41, 5.74) is 11.6. The zero-order chi connectivity index (χ0) is 14.0. The summed E-state index contributed by atoms with van der Waals surface area (Å²) in [4.78, 5) is 15.0. The number of hydrogen-bond acceptors (Lipinski definition) is 4. The number of ether oxygens (including phenoxy) is 1. The first-order valence-corrected chi connectivity index (χ1v) is 5.47. The number of nitrogens with two attached hydrogens (primary N) is 2. The fraction of sp³-hybridized carbons (Fsp3) is 0.0769. The van der Waals surface area contributed by atoms with Crippen LogP contribution in [-0.4, -0.2) is 10.9 Å². The number of carbonyl (C=O) groups is 1. The fourth-order valence-electron chi connectivity index (χ4n) is 1.49. The van der Waals surface area contributed by atoms with Crippen LogP contribution in [0.2, 0.25) is 0 Å². The molecule has 1 heterocycles. The van der Waals surface area contributed by atoms with Gasteiger partial charge in [-0.3, -0.25) is 4.79 Å². The minimum absolute atomic E-state index is 0.186. The molecule has 19 heavy (non-hydrogen) atoms. The number of anilines is 1. The molecule has 0 saturated heterocycles. The first-order valence-electron chi connectivity index (χ1n) is 5.47. The van der Waals surface area contributed by atoms with Crippen LogP contribution in [0.25, 0.3) is 0 Å². The van der Waals surface area contributed by atoms with Gasteiger partial charge in [0.1, 0.15) is 11.6 Å². The molecule has 6 heteroatoms. The zero-order valence-corrected chi connectivity index (χ0v) is 10.2. The van der Waals surface area contributed by atoms with Gasteiger partial charge < -0.3 is 16.2 Å². The lowest BCUT2D eigenvalue weighted by atomic mass is 10.2. The molecule has 98 valence electrons. The van der Waals surface area contributed by atoms with Crippen LogP contribution in [0.5, 0.6) is 11.6 Å². The Kier molecular flexibility index (Phi) is 3.33. The van der Waals surface area contributed by atoms with E-state index in [9.17, 15) is 9.18 Å². The molecule has 0 bridgehead atoms. The molecule has 0 aliphatic heterocycles. The van der Waals surface area contributed by atoms with Gasteiger partial charge in [0.2, 0.25) is 5.88 Å². The summed E-state index contributed by atoms with van der Waals surface area (Å²) < 4.78 is 18.9. The maximum absolute atomic E-state index is 13.5. The van der Waals surface area contributed by atoms with E-state index in [1.54, 1.807) is 19.1 Å². The smallest absolute Gasteiger partial charge is 0.251 e. The summed E-state index contributed by atoms with van der Waals surface area (Å²) >= 11 is 0. The second-order valence-corrected chi connectivity index (χ2v) is 3.93. The molecule has 2 rings (SSSR count). The van der Waals surface area contributed by atoms with Crippen LogP contribution in [0.1, 0.15) is 16.1 Å². The van der Waals surface area contributed by atoms with Crippen molar-refractivity contribution >= 4 is 11.6 Å². The minimum atomic E-state index is -0.828. The fourth-order valence-corrected chi connectivity index (χ4v) is 1.49. The van der Waals surface area contributed by atoms with E-state index >= 15 is 0 Å². The van der Waals surface area contributed by atoms with Crippen molar-refractivity contribution in [3.05, 3.63) is 47.4 Å². The van der Waals surface area contributed by atoms with Crippen molar-refractivity contribution in [3.63, 3.8) is 0 Å². The molecule has 0 fully saturated rings. The average Bonchev–Trinajstić information content (AvgIpc) is 2.33. The van der Waals surface area contributed by atoms with E-state index in [1.807, 2.05) is 0 Å². The molecular formula is C13H12FN3O2. The summed E-state index contributed by atoms with van der Waals surface area (Å²) in [6.07, 6.45) is 0. The number of carbonyl (C=O) groups excluding carboxylic acids is 1. The first-order chi connectivity index (χ1) is 8.97. The van der Waals surface area contributed by atoms with Gasteiger partial charge in [-0.25, -0.2) is 9.37 Å². The van der Waals surface area contributed by atoms with Crippen molar-refractivity contribution in [2.45, 2.75) is 6.92 Å². The van der Waals surface area contributed by atoms with Crippen LogP contribution in [-0.2, 0) is 0 Å². The topological polar surface area (TPSA) is 91.2 Å². The van der Waals surface area contributed by atoms with E-state index in [0.29, 0.717) is 11.4 Å². The number of nitrogens with zero attached hydrogens (tertiary/aromatic N) is 1. The molecule has 5 nitrogen and oxygen atoms in total. The summed E-state index contributed by atoms with van der Waals surface area (Å²) in [5, 5.41) is 0. The monoisotopic (exact) mass is 261 g/mol. The standard InChI is InChI=1S/C13H12FN3O2/c1-7-11(15)4-5-12(17-7)19-8-2-3-9(13(16)18)10(14)6-8/h2-6H,15H2,1H3,(H2,16,18). The van der Waals surface area contributed by atoms with Crippen molar-refractivity contribution < 1.29 is 13.9 Å². The second-order valence-electron chi connectivity index (χ2n) is 3.93. The first kappa shape index (κ1) is 12.8. The Hall–Kier alpha value is -2.63. The van der Waals surface area contributed by atoms with Gasteiger partial charge in [0.05, 0.1) is 16.9 Å². The largest absolute Gasteiger partial charge is 0.439 e. The van der Waals surface area contributed by atoms with Crippen LogP contribution in [0.4, 0.5) is 10.1 Å². The third-order valence-electron chi connectivity index (χ3n) is 2.53. The van der Waals surface area contributed by atoms with Gasteiger partial charge in [-0.15, -0.1) is 0 Å². The van der Waals surface area contributed by atoms with Crippen molar-refractivity contribution in [1.29, 1.82) is 0 Å². The summed E-state index contributed by atoms with van der Waals surface area (Å²) in [6, 6.07) is 7.00. The summed E-state index contributed by atoms with van der Waals surface area (Å²) in [7, 11) is 0. The molecule has 4 N–H and O–H groups in total. The van der Waals surface area contributed by atoms with Gasteiger partial charge in [-0.1, -0.05) is 0 Å². The Morgan fingerprint density at radius 2 is 2.05 bits per heavy atom. The average molecular weight is 261 g/mol. The Labute approximate surface area is 109 Å². The van der Waals surface area contributed by atoms with Gasteiger partial charge in [0.15, 0.2) is 0 Å². The van der Waals surface area contributed by atoms with Crippen molar-refractivity contribution in [1.82, 2.24) is 4.98 Å². The number of aryl methyl sites for hydroxylation is 1. The van der Waals surface area contributed by atoms with Gasteiger partial charge in [-0.2, -0.15) is 0 Å². The highest BCUT2D eigenvalue weighted by atomic mass is 19.1. The van der Waals surface area contributed by atoms with Crippen molar-refractivity contribution in [3.8, 4) is 11.6 Å². The molecular weight excluding hydrogens is 249 g/mol. The van der Waals surface area contributed by atoms with Crippen molar-refractivity contribution in [2.75, 3.05) is 5.73 Å². The number of primary amides is 1. The summed E-state index contributed by atoms with van der Waals surface area (Å²) in [5.74, 6) is -1.06. The van der Waals surface area contributed by atoms with Crippen LogP contribution >= 0.6 is 0 Å². The van der Waals surface area contributed by atoms with Crippen LogP contribution in [0.3, 0.4) is 0 Å².